The lowest BCUT2D eigenvalue weighted by Crippen LogP contribution is -2.32. The van der Waals surface area contributed by atoms with Gasteiger partial charge in [0.25, 0.3) is 5.69 Å². The van der Waals surface area contributed by atoms with Crippen LogP contribution in [-0.2, 0) is 4.79 Å². The molecule has 0 unspecified atom stereocenters. The Morgan fingerprint density at radius 3 is 2.94 bits per heavy atom. The van der Waals surface area contributed by atoms with Crippen molar-refractivity contribution in [2.45, 2.75) is 13.3 Å². The van der Waals surface area contributed by atoms with E-state index in [0.29, 0.717) is 24.2 Å². The number of carbonyl (C=O) groups is 1. The molecule has 0 fully saturated rings. The van der Waals surface area contributed by atoms with Gasteiger partial charge in [-0.1, -0.05) is 31.2 Å². The first-order chi connectivity index (χ1) is 8.15. The number of amides is 1. The topological polar surface area (TPSA) is 63.5 Å². The Hall–Kier alpha value is -2.17. The predicted octanol–water partition coefficient (Wildman–Crippen LogP) is 2.36. The monoisotopic (exact) mass is 232 g/mol. The molecule has 1 aliphatic heterocycles. The quantitative estimate of drug-likeness (QED) is 0.580. The molecule has 1 heterocycles. The van der Waals surface area contributed by atoms with Gasteiger partial charge in [-0.2, -0.15) is 0 Å². The molecule has 17 heavy (non-hydrogen) atoms. The molecule has 0 bridgehead atoms. The van der Waals surface area contributed by atoms with Crippen molar-refractivity contribution < 1.29 is 9.72 Å². The zero-order valence-electron chi connectivity index (χ0n) is 9.42. The van der Waals surface area contributed by atoms with Gasteiger partial charge in [0.05, 0.1) is 4.92 Å². The van der Waals surface area contributed by atoms with Gasteiger partial charge in [0, 0.05) is 24.6 Å². The van der Waals surface area contributed by atoms with E-state index in [1.54, 1.807) is 19.1 Å². The van der Waals surface area contributed by atoms with Crippen molar-refractivity contribution in [1.29, 1.82) is 0 Å². The molecule has 1 aromatic rings. The second-order valence-electron chi connectivity index (χ2n) is 3.73. The summed E-state index contributed by atoms with van der Waals surface area (Å²) >= 11 is 0. The maximum Gasteiger partial charge on any atom is 0.293 e. The van der Waals surface area contributed by atoms with Crippen LogP contribution in [0.3, 0.4) is 0 Å². The molecule has 0 N–H and O–H groups in total. The standard InChI is InChI=1S/C12H12N2O3/c1-2-11(15)13-8-4-6-9-5-3-7-10(12(9)13)14(16)17/h3-7H,2,8H2,1H3. The van der Waals surface area contributed by atoms with Gasteiger partial charge < -0.3 is 4.90 Å². The number of benzene rings is 1. The number of nitrogens with zero attached hydrogens (tertiary/aromatic N) is 2. The number of hydrogen-bond acceptors (Lipinski definition) is 3. The van der Waals surface area contributed by atoms with E-state index in [0.717, 1.165) is 0 Å². The fourth-order valence-electron chi connectivity index (χ4n) is 1.92. The molecule has 2 rings (SSSR count). The first-order valence-electron chi connectivity index (χ1n) is 5.39. The molecule has 1 amide bonds. The summed E-state index contributed by atoms with van der Waals surface area (Å²) in [4.78, 5) is 23.8. The van der Waals surface area contributed by atoms with E-state index in [-0.39, 0.29) is 11.6 Å². The number of anilines is 1. The molecule has 1 aromatic carbocycles. The summed E-state index contributed by atoms with van der Waals surface area (Å²) in [6.45, 7) is 2.14. The summed E-state index contributed by atoms with van der Waals surface area (Å²) in [5.41, 5.74) is 1.10. The number of rotatable bonds is 2. The Morgan fingerprint density at radius 2 is 2.29 bits per heavy atom. The van der Waals surface area contributed by atoms with Gasteiger partial charge in [-0.05, 0) is 0 Å². The van der Waals surface area contributed by atoms with E-state index in [4.69, 9.17) is 0 Å². The molecule has 0 aromatic heterocycles. The minimum absolute atomic E-state index is 0.0198. The Kier molecular flexibility index (Phi) is 2.91. The van der Waals surface area contributed by atoms with Crippen LogP contribution in [0.25, 0.3) is 6.08 Å². The highest BCUT2D eigenvalue weighted by atomic mass is 16.6. The molecule has 0 radical (unpaired) electrons. The van der Waals surface area contributed by atoms with E-state index in [1.807, 2.05) is 12.2 Å². The van der Waals surface area contributed by atoms with Gasteiger partial charge in [-0.3, -0.25) is 14.9 Å². The fourth-order valence-corrected chi connectivity index (χ4v) is 1.92. The lowest BCUT2D eigenvalue weighted by molar-refractivity contribution is -0.384. The van der Waals surface area contributed by atoms with Crippen LogP contribution in [0.4, 0.5) is 11.4 Å². The number of nitro benzene ring substituents is 1. The van der Waals surface area contributed by atoms with E-state index >= 15 is 0 Å². The van der Waals surface area contributed by atoms with Crippen molar-refractivity contribution in [2.75, 3.05) is 11.4 Å². The summed E-state index contributed by atoms with van der Waals surface area (Å²) in [5.74, 6) is -0.107. The third-order valence-corrected chi connectivity index (χ3v) is 2.70. The number of para-hydroxylation sites is 1. The molecule has 0 saturated carbocycles. The Labute approximate surface area is 98.5 Å². The van der Waals surface area contributed by atoms with Crippen LogP contribution >= 0.6 is 0 Å². The van der Waals surface area contributed by atoms with Gasteiger partial charge >= 0.3 is 0 Å². The first kappa shape index (κ1) is 11.3. The van der Waals surface area contributed by atoms with Crippen LogP contribution in [0, 0.1) is 10.1 Å². The maximum absolute atomic E-state index is 11.8. The minimum atomic E-state index is -0.450. The Bertz CT molecular complexity index is 508. The normalized spacial score (nSPS) is 13.4. The predicted molar refractivity (Wildman–Crippen MR) is 64.8 cm³/mol. The number of fused-ring (bicyclic) bond motifs is 1. The average Bonchev–Trinajstić information content (AvgIpc) is 2.36. The zero-order chi connectivity index (χ0) is 12.4. The molecule has 0 saturated heterocycles. The summed E-state index contributed by atoms with van der Waals surface area (Å²) in [6.07, 6.45) is 3.97. The van der Waals surface area contributed by atoms with Gasteiger partial charge in [-0.25, -0.2) is 0 Å². The lowest BCUT2D eigenvalue weighted by Gasteiger charge is -2.25. The van der Waals surface area contributed by atoms with E-state index < -0.39 is 4.92 Å². The third kappa shape index (κ3) is 1.91. The highest BCUT2D eigenvalue weighted by molar-refractivity contribution is 5.99. The second-order valence-corrected chi connectivity index (χ2v) is 3.73. The molecular weight excluding hydrogens is 220 g/mol. The Balaban J connectivity index is 2.59. The molecular formula is C12H12N2O3. The van der Waals surface area contributed by atoms with Crippen LogP contribution in [0.2, 0.25) is 0 Å². The summed E-state index contributed by atoms with van der Waals surface area (Å²) in [5, 5.41) is 11.0. The molecule has 5 heteroatoms. The Morgan fingerprint density at radius 1 is 1.53 bits per heavy atom. The highest BCUT2D eigenvalue weighted by Crippen LogP contribution is 2.35. The van der Waals surface area contributed by atoms with Gasteiger partial charge in [0.1, 0.15) is 5.69 Å². The van der Waals surface area contributed by atoms with Crippen molar-refractivity contribution in [1.82, 2.24) is 0 Å². The van der Waals surface area contributed by atoms with Gasteiger partial charge in [0.15, 0.2) is 0 Å². The van der Waals surface area contributed by atoms with Crippen molar-refractivity contribution in [3.63, 3.8) is 0 Å². The molecule has 1 aliphatic rings. The summed E-state index contributed by atoms with van der Waals surface area (Å²) < 4.78 is 0. The number of carbonyl (C=O) groups excluding carboxylic acids is 1. The van der Waals surface area contributed by atoms with E-state index in [2.05, 4.69) is 0 Å². The van der Waals surface area contributed by atoms with Crippen LogP contribution in [-0.4, -0.2) is 17.4 Å². The van der Waals surface area contributed by atoms with Crippen LogP contribution in [0.1, 0.15) is 18.9 Å². The minimum Gasteiger partial charge on any atom is -0.302 e. The third-order valence-electron chi connectivity index (χ3n) is 2.70. The molecule has 5 nitrogen and oxygen atoms in total. The van der Waals surface area contributed by atoms with Crippen LogP contribution in [0.5, 0.6) is 0 Å². The molecule has 88 valence electrons. The summed E-state index contributed by atoms with van der Waals surface area (Å²) in [7, 11) is 0. The summed E-state index contributed by atoms with van der Waals surface area (Å²) in [6, 6.07) is 4.82. The van der Waals surface area contributed by atoms with E-state index in [9.17, 15) is 14.9 Å². The zero-order valence-corrected chi connectivity index (χ0v) is 9.42. The van der Waals surface area contributed by atoms with Crippen molar-refractivity contribution in [3.8, 4) is 0 Å². The van der Waals surface area contributed by atoms with Crippen molar-refractivity contribution in [2.24, 2.45) is 0 Å². The van der Waals surface area contributed by atoms with Crippen LogP contribution in [0.15, 0.2) is 24.3 Å². The SMILES string of the molecule is CCC(=O)N1CC=Cc2cccc([N+](=O)[O-])c21. The lowest BCUT2D eigenvalue weighted by atomic mass is 10.1. The maximum atomic E-state index is 11.8. The molecule has 0 spiro atoms. The van der Waals surface area contributed by atoms with Gasteiger partial charge in [0.2, 0.25) is 5.91 Å². The van der Waals surface area contributed by atoms with Crippen LogP contribution < -0.4 is 4.90 Å². The largest absolute Gasteiger partial charge is 0.302 e. The van der Waals surface area contributed by atoms with Gasteiger partial charge in [-0.15, -0.1) is 0 Å². The van der Waals surface area contributed by atoms with E-state index in [1.165, 1.54) is 11.0 Å². The number of hydrogen-bond donors (Lipinski definition) is 0. The average molecular weight is 232 g/mol. The smallest absolute Gasteiger partial charge is 0.293 e. The second kappa shape index (κ2) is 4.37. The van der Waals surface area contributed by atoms with Crippen molar-refractivity contribution >= 4 is 23.4 Å². The fraction of sp³-hybridized carbons (Fsp3) is 0.250. The highest BCUT2D eigenvalue weighted by Gasteiger charge is 2.26. The first-order valence-corrected chi connectivity index (χ1v) is 5.39. The molecule has 0 aliphatic carbocycles. The molecule has 0 atom stereocenters. The number of nitro groups is 1. The van der Waals surface area contributed by atoms with Crippen molar-refractivity contribution in [3.05, 3.63) is 40.0 Å².